The van der Waals surface area contributed by atoms with Crippen LogP contribution in [0.2, 0.25) is 0 Å². The first kappa shape index (κ1) is 14.2. The maximum Gasteiger partial charge on any atom is 0.223 e. The lowest BCUT2D eigenvalue weighted by Crippen LogP contribution is -2.41. The number of ether oxygens (including phenoxy) is 1. The summed E-state index contributed by atoms with van der Waals surface area (Å²) >= 11 is 0. The van der Waals surface area contributed by atoms with Gasteiger partial charge in [-0.25, -0.2) is 0 Å². The van der Waals surface area contributed by atoms with Gasteiger partial charge in [-0.15, -0.1) is 0 Å². The largest absolute Gasteiger partial charge is 0.490 e. The van der Waals surface area contributed by atoms with Crippen LogP contribution in [0.15, 0.2) is 24.3 Å². The summed E-state index contributed by atoms with van der Waals surface area (Å²) in [7, 11) is 0. The summed E-state index contributed by atoms with van der Waals surface area (Å²) in [5.41, 5.74) is 1.13. The van der Waals surface area contributed by atoms with E-state index >= 15 is 0 Å². The van der Waals surface area contributed by atoms with Crippen molar-refractivity contribution in [3.63, 3.8) is 0 Å². The molecule has 4 heteroatoms. The maximum absolute atomic E-state index is 12.1. The van der Waals surface area contributed by atoms with E-state index in [4.69, 9.17) is 4.74 Å². The zero-order chi connectivity index (χ0) is 14.5. The third kappa shape index (κ3) is 3.49. The van der Waals surface area contributed by atoms with Gasteiger partial charge in [0.2, 0.25) is 5.91 Å². The second-order valence-electron chi connectivity index (χ2n) is 5.93. The van der Waals surface area contributed by atoms with Gasteiger partial charge < -0.3 is 15.0 Å². The van der Waals surface area contributed by atoms with Crippen LogP contribution in [0, 0.1) is 5.92 Å². The molecule has 1 aromatic rings. The van der Waals surface area contributed by atoms with Gasteiger partial charge in [-0.1, -0.05) is 31.4 Å². The zero-order valence-corrected chi connectivity index (χ0v) is 12.5. The van der Waals surface area contributed by atoms with E-state index in [2.05, 4.69) is 16.3 Å². The van der Waals surface area contributed by atoms with Crippen molar-refractivity contribution < 1.29 is 9.53 Å². The summed E-state index contributed by atoms with van der Waals surface area (Å²) in [6, 6.07) is 8.11. The quantitative estimate of drug-likeness (QED) is 0.926. The third-order valence-corrected chi connectivity index (χ3v) is 4.48. The number of carbonyl (C=O) groups excluding carboxylic acids is 1. The van der Waals surface area contributed by atoms with Crippen molar-refractivity contribution in [3.8, 4) is 5.75 Å². The van der Waals surface area contributed by atoms with Crippen LogP contribution in [0.4, 0.5) is 5.69 Å². The van der Waals surface area contributed by atoms with Gasteiger partial charge in [0.1, 0.15) is 12.4 Å². The van der Waals surface area contributed by atoms with Crippen LogP contribution in [0.3, 0.4) is 0 Å². The fourth-order valence-corrected chi connectivity index (χ4v) is 3.28. The van der Waals surface area contributed by atoms with E-state index in [0.29, 0.717) is 13.2 Å². The van der Waals surface area contributed by atoms with Crippen LogP contribution in [0.1, 0.15) is 32.1 Å². The Morgan fingerprint density at radius 2 is 2.05 bits per heavy atom. The molecular weight excluding hydrogens is 264 g/mol. The maximum atomic E-state index is 12.1. The van der Waals surface area contributed by atoms with Crippen LogP contribution in [-0.2, 0) is 4.79 Å². The average Bonchev–Trinajstić information content (AvgIpc) is 2.56. The van der Waals surface area contributed by atoms with Crippen molar-refractivity contribution in [2.45, 2.75) is 32.1 Å². The molecule has 21 heavy (non-hydrogen) atoms. The predicted molar refractivity (Wildman–Crippen MR) is 83.7 cm³/mol. The fraction of sp³-hybridized carbons (Fsp3) is 0.588. The highest BCUT2D eigenvalue weighted by Crippen LogP contribution is 2.30. The van der Waals surface area contributed by atoms with Crippen LogP contribution < -0.4 is 15.0 Å². The van der Waals surface area contributed by atoms with Crippen molar-refractivity contribution in [2.75, 3.05) is 31.1 Å². The number of amides is 1. The molecule has 1 aromatic carbocycles. The van der Waals surface area contributed by atoms with Crippen LogP contribution >= 0.6 is 0 Å². The van der Waals surface area contributed by atoms with Crippen molar-refractivity contribution in [3.05, 3.63) is 24.3 Å². The highest BCUT2D eigenvalue weighted by Gasteiger charge is 2.21. The lowest BCUT2D eigenvalue weighted by molar-refractivity contribution is -0.125. The molecule has 2 aliphatic rings. The average molecular weight is 288 g/mol. The van der Waals surface area contributed by atoms with Crippen molar-refractivity contribution >= 4 is 11.6 Å². The number of anilines is 1. The van der Waals surface area contributed by atoms with Gasteiger partial charge in [0.25, 0.3) is 0 Å². The Morgan fingerprint density at radius 3 is 2.90 bits per heavy atom. The monoisotopic (exact) mass is 288 g/mol. The smallest absolute Gasteiger partial charge is 0.223 e. The minimum absolute atomic E-state index is 0.246. The Balaban J connectivity index is 1.48. The molecular formula is C17H24N2O2. The van der Waals surface area contributed by atoms with Gasteiger partial charge in [0.05, 0.1) is 12.2 Å². The van der Waals surface area contributed by atoms with Crippen LogP contribution in [0.25, 0.3) is 0 Å². The molecule has 1 fully saturated rings. The Hall–Kier alpha value is -1.71. The molecule has 0 saturated heterocycles. The van der Waals surface area contributed by atoms with Gasteiger partial charge in [0, 0.05) is 19.0 Å². The van der Waals surface area contributed by atoms with Gasteiger partial charge >= 0.3 is 0 Å². The predicted octanol–water partition coefficient (Wildman–Crippen LogP) is 2.58. The first-order chi connectivity index (χ1) is 10.3. The number of hydrogen-bond acceptors (Lipinski definition) is 3. The molecule has 1 amide bonds. The standard InChI is InChI=1S/C17H24N2O2/c20-17(14-6-2-1-3-7-14)18-10-11-19-12-13-21-16-9-5-4-8-15(16)19/h4-5,8-9,14H,1-3,6-7,10-13H2,(H,18,20). The molecule has 4 nitrogen and oxygen atoms in total. The summed E-state index contributed by atoms with van der Waals surface area (Å²) in [6.45, 7) is 3.16. The number of fused-ring (bicyclic) bond motifs is 1. The van der Waals surface area contributed by atoms with Gasteiger partial charge in [0.15, 0.2) is 0 Å². The lowest BCUT2D eigenvalue weighted by Gasteiger charge is -2.31. The number of para-hydroxylation sites is 2. The molecule has 1 saturated carbocycles. The van der Waals surface area contributed by atoms with E-state index in [-0.39, 0.29) is 11.8 Å². The molecule has 114 valence electrons. The Bertz CT molecular complexity index is 483. The molecule has 0 spiro atoms. The first-order valence-corrected chi connectivity index (χ1v) is 8.09. The fourth-order valence-electron chi connectivity index (χ4n) is 3.28. The van der Waals surface area contributed by atoms with Gasteiger partial charge in [-0.05, 0) is 25.0 Å². The number of benzene rings is 1. The van der Waals surface area contributed by atoms with Crippen LogP contribution in [-0.4, -0.2) is 32.1 Å². The summed E-state index contributed by atoms with van der Waals surface area (Å²) in [5.74, 6) is 1.44. The Labute approximate surface area is 126 Å². The molecule has 1 N–H and O–H groups in total. The first-order valence-electron chi connectivity index (χ1n) is 8.09. The van der Waals surface area contributed by atoms with Crippen molar-refractivity contribution in [2.24, 2.45) is 5.92 Å². The molecule has 0 unspecified atom stereocenters. The van der Waals surface area contributed by atoms with Gasteiger partial charge in [-0.3, -0.25) is 4.79 Å². The van der Waals surface area contributed by atoms with E-state index in [9.17, 15) is 4.79 Å². The number of carbonyl (C=O) groups is 1. The highest BCUT2D eigenvalue weighted by molar-refractivity contribution is 5.78. The number of hydrogen-bond donors (Lipinski definition) is 1. The minimum atomic E-state index is 0.246. The SMILES string of the molecule is O=C(NCCN1CCOc2ccccc21)C1CCCCC1. The van der Waals surface area contributed by atoms with E-state index in [0.717, 1.165) is 37.4 Å². The van der Waals surface area contributed by atoms with E-state index in [1.807, 2.05) is 18.2 Å². The summed E-state index contributed by atoms with van der Waals surface area (Å²) < 4.78 is 5.65. The molecule has 1 aliphatic heterocycles. The van der Waals surface area contributed by atoms with E-state index in [1.54, 1.807) is 0 Å². The second kappa shape index (κ2) is 6.83. The normalized spacial score (nSPS) is 18.8. The zero-order valence-electron chi connectivity index (χ0n) is 12.5. The Kier molecular flexibility index (Phi) is 4.63. The molecule has 0 aromatic heterocycles. The molecule has 1 aliphatic carbocycles. The number of rotatable bonds is 4. The molecule has 3 rings (SSSR count). The summed E-state index contributed by atoms with van der Waals surface area (Å²) in [5, 5.41) is 3.11. The topological polar surface area (TPSA) is 41.6 Å². The van der Waals surface area contributed by atoms with Crippen molar-refractivity contribution in [1.82, 2.24) is 5.32 Å². The molecule has 0 bridgehead atoms. The lowest BCUT2D eigenvalue weighted by atomic mass is 9.89. The van der Waals surface area contributed by atoms with E-state index < -0.39 is 0 Å². The van der Waals surface area contributed by atoms with Crippen LogP contribution in [0.5, 0.6) is 5.75 Å². The van der Waals surface area contributed by atoms with Gasteiger partial charge in [-0.2, -0.15) is 0 Å². The molecule has 0 radical (unpaired) electrons. The summed E-state index contributed by atoms with van der Waals surface area (Å²) in [6.07, 6.45) is 5.82. The Morgan fingerprint density at radius 1 is 1.24 bits per heavy atom. The third-order valence-electron chi connectivity index (χ3n) is 4.48. The summed E-state index contributed by atoms with van der Waals surface area (Å²) in [4.78, 5) is 14.4. The second-order valence-corrected chi connectivity index (χ2v) is 5.93. The van der Waals surface area contributed by atoms with Crippen molar-refractivity contribution in [1.29, 1.82) is 0 Å². The molecule has 0 atom stereocenters. The van der Waals surface area contributed by atoms with E-state index in [1.165, 1.54) is 19.3 Å². The molecule has 1 heterocycles. The number of nitrogens with one attached hydrogen (secondary N) is 1. The highest BCUT2D eigenvalue weighted by atomic mass is 16.5. The number of nitrogens with zero attached hydrogens (tertiary/aromatic N) is 1. The minimum Gasteiger partial charge on any atom is -0.490 e.